The molecule has 0 radical (unpaired) electrons. The molecule has 2 aromatic rings. The highest BCUT2D eigenvalue weighted by molar-refractivity contribution is 5.95. The highest BCUT2D eigenvalue weighted by Gasteiger charge is 2.24. The van der Waals surface area contributed by atoms with Gasteiger partial charge in [0.05, 0.1) is 14.2 Å². The monoisotopic (exact) mass is 389 g/mol. The second-order valence-electron chi connectivity index (χ2n) is 5.88. The van der Waals surface area contributed by atoms with Gasteiger partial charge in [-0.1, -0.05) is 12.1 Å². The second kappa shape index (κ2) is 9.70. The Hall–Kier alpha value is -3.13. The van der Waals surface area contributed by atoms with Crippen molar-refractivity contribution in [2.24, 2.45) is 5.73 Å². The van der Waals surface area contributed by atoms with E-state index in [0.717, 1.165) is 0 Å². The van der Waals surface area contributed by atoms with Gasteiger partial charge in [-0.25, -0.2) is 4.39 Å². The topological polar surface area (TPSA) is 107 Å². The van der Waals surface area contributed by atoms with E-state index in [9.17, 15) is 9.18 Å². The Balaban J connectivity index is 2.18. The maximum atomic E-state index is 14.4. The molecule has 0 saturated heterocycles. The Kier molecular flexibility index (Phi) is 7.34. The number of nitrogens with one attached hydrogen (secondary N) is 2. The van der Waals surface area contributed by atoms with E-state index in [4.69, 9.17) is 25.4 Å². The number of hydrogen-bond acceptors (Lipinski definition) is 5. The molecular weight excluding hydrogens is 365 g/mol. The van der Waals surface area contributed by atoms with Crippen LogP contribution >= 0.6 is 0 Å². The first-order valence-corrected chi connectivity index (χ1v) is 8.65. The van der Waals surface area contributed by atoms with E-state index in [-0.39, 0.29) is 24.6 Å². The summed E-state index contributed by atoms with van der Waals surface area (Å²) in [5, 5.41) is 10.2. The molecule has 0 spiro atoms. The van der Waals surface area contributed by atoms with Crippen LogP contribution in [0.5, 0.6) is 11.5 Å². The van der Waals surface area contributed by atoms with Crippen LogP contribution < -0.4 is 20.5 Å². The first kappa shape index (κ1) is 21.2. The summed E-state index contributed by atoms with van der Waals surface area (Å²) in [5.74, 6) is -0.316. The number of methoxy groups -OCH3 is 2. The number of nitrogens with two attached hydrogens (primary N) is 1. The van der Waals surface area contributed by atoms with E-state index in [2.05, 4.69) is 5.32 Å². The van der Waals surface area contributed by atoms with E-state index in [0.29, 0.717) is 22.6 Å². The third-order valence-electron chi connectivity index (χ3n) is 4.11. The van der Waals surface area contributed by atoms with E-state index >= 15 is 0 Å². The molecule has 1 amide bonds. The van der Waals surface area contributed by atoms with Gasteiger partial charge in [-0.3, -0.25) is 10.2 Å². The van der Waals surface area contributed by atoms with Crippen LogP contribution in [-0.4, -0.2) is 32.6 Å². The van der Waals surface area contributed by atoms with Crippen LogP contribution in [0.25, 0.3) is 0 Å². The van der Waals surface area contributed by atoms with Crippen molar-refractivity contribution < 1.29 is 23.4 Å². The van der Waals surface area contributed by atoms with Crippen molar-refractivity contribution >= 4 is 11.7 Å². The number of benzene rings is 2. The Labute approximate surface area is 163 Å². The molecule has 0 heterocycles. The first-order valence-electron chi connectivity index (χ1n) is 8.65. The lowest BCUT2D eigenvalue weighted by Crippen LogP contribution is -2.31. The highest BCUT2D eigenvalue weighted by atomic mass is 19.1. The molecule has 0 fully saturated rings. The van der Waals surface area contributed by atoms with E-state index in [1.807, 2.05) is 0 Å². The van der Waals surface area contributed by atoms with Gasteiger partial charge in [-0.2, -0.15) is 0 Å². The number of halogens is 1. The zero-order valence-electron chi connectivity index (χ0n) is 16.0. The fourth-order valence-corrected chi connectivity index (χ4v) is 2.65. The van der Waals surface area contributed by atoms with Crippen molar-refractivity contribution in [3.05, 3.63) is 58.9 Å². The molecule has 1 unspecified atom stereocenters. The van der Waals surface area contributed by atoms with Crippen LogP contribution in [0.1, 0.15) is 29.7 Å². The van der Waals surface area contributed by atoms with Gasteiger partial charge in [0, 0.05) is 35.9 Å². The van der Waals surface area contributed by atoms with Gasteiger partial charge < -0.3 is 25.3 Å². The minimum absolute atomic E-state index is 0.0831. The number of carbonyl (C=O) groups excluding carboxylic acids is 1. The summed E-state index contributed by atoms with van der Waals surface area (Å²) < 4.78 is 30.1. The molecule has 0 aliphatic carbocycles. The Morgan fingerprint density at radius 1 is 1.21 bits per heavy atom. The van der Waals surface area contributed by atoms with Crippen molar-refractivity contribution in [3.63, 3.8) is 0 Å². The number of amidine groups is 1. The van der Waals surface area contributed by atoms with Crippen LogP contribution in [-0.2, 0) is 16.1 Å². The molecule has 0 aromatic heterocycles. The molecule has 0 aliphatic rings. The SMILES string of the molecule is CCOC(C(=O)NCc1ccc(C(=N)N)cc1OC)c1ccc(OC)cc1F. The molecule has 28 heavy (non-hydrogen) atoms. The normalized spacial score (nSPS) is 11.6. The predicted octanol–water partition coefficient (Wildman–Crippen LogP) is 2.52. The summed E-state index contributed by atoms with van der Waals surface area (Å²) in [6.45, 7) is 2.10. The lowest BCUT2D eigenvalue weighted by molar-refractivity contribution is -0.133. The van der Waals surface area contributed by atoms with Crippen LogP contribution in [0.2, 0.25) is 0 Å². The molecule has 0 bridgehead atoms. The van der Waals surface area contributed by atoms with Gasteiger partial charge in [-0.15, -0.1) is 0 Å². The third-order valence-corrected chi connectivity index (χ3v) is 4.11. The number of rotatable bonds is 9. The second-order valence-corrected chi connectivity index (χ2v) is 5.88. The van der Waals surface area contributed by atoms with Crippen molar-refractivity contribution in [3.8, 4) is 11.5 Å². The van der Waals surface area contributed by atoms with E-state index in [1.165, 1.54) is 26.4 Å². The zero-order valence-corrected chi connectivity index (χ0v) is 16.0. The van der Waals surface area contributed by atoms with Gasteiger partial charge >= 0.3 is 0 Å². The number of ether oxygens (including phenoxy) is 3. The van der Waals surface area contributed by atoms with Gasteiger partial charge in [0.2, 0.25) is 0 Å². The first-order chi connectivity index (χ1) is 13.4. The van der Waals surface area contributed by atoms with Crippen molar-refractivity contribution in [1.82, 2.24) is 5.32 Å². The molecule has 7 nitrogen and oxygen atoms in total. The molecule has 1 atom stereocenters. The summed E-state index contributed by atoms with van der Waals surface area (Å²) in [7, 11) is 2.92. The van der Waals surface area contributed by atoms with Gasteiger partial charge in [0.25, 0.3) is 5.91 Å². The van der Waals surface area contributed by atoms with Gasteiger partial charge in [0.1, 0.15) is 23.2 Å². The van der Waals surface area contributed by atoms with Crippen molar-refractivity contribution in [1.29, 1.82) is 5.41 Å². The summed E-state index contributed by atoms with van der Waals surface area (Å²) in [4.78, 5) is 12.7. The predicted molar refractivity (Wildman–Crippen MR) is 103 cm³/mol. The quantitative estimate of drug-likeness (QED) is 0.451. The molecule has 4 N–H and O–H groups in total. The smallest absolute Gasteiger partial charge is 0.254 e. The molecule has 2 rings (SSSR count). The van der Waals surface area contributed by atoms with E-state index in [1.54, 1.807) is 31.2 Å². The van der Waals surface area contributed by atoms with Crippen molar-refractivity contribution in [2.45, 2.75) is 19.6 Å². The summed E-state index contributed by atoms with van der Waals surface area (Å²) in [6, 6.07) is 9.23. The van der Waals surface area contributed by atoms with E-state index < -0.39 is 17.8 Å². The van der Waals surface area contributed by atoms with Crippen LogP contribution in [0.3, 0.4) is 0 Å². The van der Waals surface area contributed by atoms with Gasteiger partial charge in [-0.05, 0) is 25.1 Å². The summed E-state index contributed by atoms with van der Waals surface area (Å²) in [5.41, 5.74) is 6.80. The lowest BCUT2D eigenvalue weighted by atomic mass is 10.1. The Bertz CT molecular complexity index is 857. The minimum Gasteiger partial charge on any atom is -0.497 e. The zero-order chi connectivity index (χ0) is 20.7. The number of carbonyl (C=O) groups is 1. The van der Waals surface area contributed by atoms with Gasteiger partial charge in [0.15, 0.2) is 6.10 Å². The third kappa shape index (κ3) is 4.98. The average molecular weight is 389 g/mol. The number of amides is 1. The molecule has 0 saturated carbocycles. The fourth-order valence-electron chi connectivity index (χ4n) is 2.65. The molecule has 150 valence electrons. The summed E-state index contributed by atoms with van der Waals surface area (Å²) >= 11 is 0. The minimum atomic E-state index is -1.10. The summed E-state index contributed by atoms with van der Waals surface area (Å²) in [6.07, 6.45) is -1.10. The maximum Gasteiger partial charge on any atom is 0.254 e. The number of nitrogen functional groups attached to an aromatic ring is 1. The fraction of sp³-hybridized carbons (Fsp3) is 0.300. The van der Waals surface area contributed by atoms with Crippen LogP contribution in [0.4, 0.5) is 4.39 Å². The Morgan fingerprint density at radius 3 is 2.54 bits per heavy atom. The van der Waals surface area contributed by atoms with Crippen LogP contribution in [0, 0.1) is 11.2 Å². The molecular formula is C20H24FN3O4. The van der Waals surface area contributed by atoms with Crippen molar-refractivity contribution in [2.75, 3.05) is 20.8 Å². The Morgan fingerprint density at radius 2 is 1.96 bits per heavy atom. The largest absolute Gasteiger partial charge is 0.497 e. The molecule has 2 aromatic carbocycles. The average Bonchev–Trinajstić information content (AvgIpc) is 2.70. The highest BCUT2D eigenvalue weighted by Crippen LogP contribution is 2.25. The lowest BCUT2D eigenvalue weighted by Gasteiger charge is -2.19. The molecule has 8 heteroatoms. The number of hydrogen-bond donors (Lipinski definition) is 3. The maximum absolute atomic E-state index is 14.4. The standard InChI is InChI=1S/C20H24FN3O4/c1-4-28-18(15-8-7-14(26-2)10-16(15)21)20(25)24-11-13-6-5-12(19(22)23)9-17(13)27-3/h5-10,18H,4,11H2,1-3H3,(H3,22,23)(H,24,25). The van der Waals surface area contributed by atoms with Crippen LogP contribution in [0.15, 0.2) is 36.4 Å². The molecule has 0 aliphatic heterocycles.